The van der Waals surface area contributed by atoms with E-state index in [0.717, 1.165) is 25.7 Å². The highest BCUT2D eigenvalue weighted by Gasteiger charge is 2.20. The molecular formula is C39H76O3. The third-order valence-corrected chi connectivity index (χ3v) is 9.24. The number of carbonyl (C=O) groups is 2. The molecule has 0 aromatic rings. The molecule has 0 amide bonds. The van der Waals surface area contributed by atoms with Crippen molar-refractivity contribution in [3.8, 4) is 0 Å². The fraction of sp³-hybridized carbons (Fsp3) is 0.949. The second-order valence-corrected chi connectivity index (χ2v) is 13.5. The Kier molecular flexibility index (Phi) is 34.2. The highest BCUT2D eigenvalue weighted by Crippen LogP contribution is 2.17. The molecule has 0 aromatic carbocycles. The number of hydrogen-bond donors (Lipinski definition) is 1. The second kappa shape index (κ2) is 34.8. The molecule has 0 heterocycles. The molecule has 0 saturated carbocycles. The van der Waals surface area contributed by atoms with Gasteiger partial charge in [0.15, 0.2) is 0 Å². The largest absolute Gasteiger partial charge is 0.396 e. The minimum absolute atomic E-state index is 0.0945. The molecule has 0 aliphatic heterocycles. The fourth-order valence-electron chi connectivity index (χ4n) is 6.23. The first-order valence-corrected chi connectivity index (χ1v) is 19.3. The molecule has 42 heavy (non-hydrogen) atoms. The van der Waals surface area contributed by atoms with Crippen molar-refractivity contribution < 1.29 is 14.7 Å². The predicted octanol–water partition coefficient (Wildman–Crippen LogP) is 12.6. The van der Waals surface area contributed by atoms with Crippen molar-refractivity contribution >= 4 is 11.6 Å². The lowest BCUT2D eigenvalue weighted by Crippen LogP contribution is -2.22. The smallest absolute Gasteiger partial charge is 0.138 e. The zero-order valence-corrected chi connectivity index (χ0v) is 28.9. The van der Waals surface area contributed by atoms with Gasteiger partial charge in [-0.05, 0) is 12.8 Å². The van der Waals surface area contributed by atoms with Crippen LogP contribution in [-0.2, 0) is 9.59 Å². The van der Waals surface area contributed by atoms with Crippen molar-refractivity contribution in [1.82, 2.24) is 0 Å². The molecule has 0 aliphatic rings. The van der Waals surface area contributed by atoms with Crippen LogP contribution in [0.2, 0.25) is 0 Å². The third kappa shape index (κ3) is 30.7. The summed E-state index contributed by atoms with van der Waals surface area (Å²) in [4.78, 5) is 24.9. The zero-order valence-electron chi connectivity index (χ0n) is 28.9. The summed E-state index contributed by atoms with van der Waals surface area (Å²) in [5, 5.41) is 9.70. The Labute approximate surface area is 264 Å². The van der Waals surface area contributed by atoms with Crippen LogP contribution in [0, 0.1) is 5.92 Å². The highest BCUT2D eigenvalue weighted by atomic mass is 16.3. The van der Waals surface area contributed by atoms with Crippen LogP contribution in [0.1, 0.15) is 226 Å². The number of aliphatic hydroxyl groups is 1. The van der Waals surface area contributed by atoms with Crippen molar-refractivity contribution in [2.75, 3.05) is 6.61 Å². The van der Waals surface area contributed by atoms with Crippen LogP contribution in [0.4, 0.5) is 0 Å². The SMILES string of the molecule is CCCCCCCCCCCCCCCCCC(=O)C[C@@H](CO)C(=O)CCCCCCCCCCCCCCCCC. The maximum Gasteiger partial charge on any atom is 0.138 e. The summed E-state index contributed by atoms with van der Waals surface area (Å²) in [6.45, 7) is 4.38. The molecule has 3 heteroatoms. The fourth-order valence-corrected chi connectivity index (χ4v) is 6.23. The standard InChI is InChI=1S/C39H76O3/c1-3-5-7-9-11-13-15-17-19-21-23-25-27-29-31-33-38(41)35-37(36-40)39(42)34-32-30-28-26-24-22-20-18-16-14-12-10-8-6-4-2/h37,40H,3-36H2,1-2H3/t37-/m0/s1. The minimum atomic E-state index is -0.472. The van der Waals surface area contributed by atoms with Gasteiger partial charge in [0.2, 0.25) is 0 Å². The Bertz CT molecular complexity index is 558. The maximum atomic E-state index is 12.5. The number of unbranched alkanes of at least 4 members (excludes halogenated alkanes) is 28. The average Bonchev–Trinajstić information content (AvgIpc) is 2.99. The van der Waals surface area contributed by atoms with Crippen molar-refractivity contribution in [1.29, 1.82) is 0 Å². The normalized spacial score (nSPS) is 12.2. The summed E-state index contributed by atoms with van der Waals surface area (Å²) in [6.07, 6.45) is 40.9. The molecule has 0 spiro atoms. The van der Waals surface area contributed by atoms with Gasteiger partial charge in [0.25, 0.3) is 0 Å². The molecule has 1 atom stereocenters. The number of ketones is 2. The summed E-state index contributed by atoms with van der Waals surface area (Å²) in [7, 11) is 0. The van der Waals surface area contributed by atoms with E-state index < -0.39 is 5.92 Å². The quantitative estimate of drug-likeness (QED) is 0.0736. The van der Waals surface area contributed by atoms with E-state index in [-0.39, 0.29) is 24.6 Å². The molecule has 0 radical (unpaired) electrons. The van der Waals surface area contributed by atoms with E-state index in [1.807, 2.05) is 0 Å². The van der Waals surface area contributed by atoms with Gasteiger partial charge in [-0.15, -0.1) is 0 Å². The van der Waals surface area contributed by atoms with Crippen LogP contribution < -0.4 is 0 Å². The molecule has 0 fully saturated rings. The lowest BCUT2D eigenvalue weighted by Gasteiger charge is -2.12. The lowest BCUT2D eigenvalue weighted by molar-refractivity contribution is -0.129. The van der Waals surface area contributed by atoms with Crippen LogP contribution in [0.15, 0.2) is 0 Å². The molecule has 3 nitrogen and oxygen atoms in total. The van der Waals surface area contributed by atoms with E-state index in [9.17, 15) is 14.7 Å². The first-order valence-electron chi connectivity index (χ1n) is 19.3. The molecule has 0 aliphatic carbocycles. The van der Waals surface area contributed by atoms with Crippen molar-refractivity contribution in [3.63, 3.8) is 0 Å². The maximum absolute atomic E-state index is 12.5. The molecule has 0 rings (SSSR count). The van der Waals surface area contributed by atoms with E-state index in [4.69, 9.17) is 0 Å². The van der Waals surface area contributed by atoms with Crippen LogP contribution in [-0.4, -0.2) is 23.3 Å². The first kappa shape index (κ1) is 41.3. The molecule has 0 unspecified atom stereocenters. The van der Waals surface area contributed by atoms with Crippen molar-refractivity contribution in [3.05, 3.63) is 0 Å². The topological polar surface area (TPSA) is 54.4 Å². The van der Waals surface area contributed by atoms with Gasteiger partial charge in [-0.25, -0.2) is 0 Å². The Morgan fingerprint density at radius 3 is 0.952 bits per heavy atom. The van der Waals surface area contributed by atoms with E-state index in [0.29, 0.717) is 12.8 Å². The monoisotopic (exact) mass is 593 g/mol. The number of aliphatic hydroxyl groups excluding tert-OH is 1. The zero-order chi connectivity index (χ0) is 30.8. The van der Waals surface area contributed by atoms with E-state index >= 15 is 0 Å². The summed E-state index contributed by atoms with van der Waals surface area (Å²) >= 11 is 0. The van der Waals surface area contributed by atoms with E-state index in [2.05, 4.69) is 13.8 Å². The summed E-state index contributed by atoms with van der Waals surface area (Å²) in [5.41, 5.74) is 0. The van der Waals surface area contributed by atoms with E-state index in [1.165, 1.54) is 167 Å². The Morgan fingerprint density at radius 2 is 0.667 bits per heavy atom. The summed E-state index contributed by atoms with van der Waals surface area (Å²) in [6, 6.07) is 0. The lowest BCUT2D eigenvalue weighted by atomic mass is 9.92. The van der Waals surface area contributed by atoms with Crippen LogP contribution >= 0.6 is 0 Å². The number of hydrogen-bond acceptors (Lipinski definition) is 3. The minimum Gasteiger partial charge on any atom is -0.396 e. The summed E-state index contributed by atoms with van der Waals surface area (Å²) in [5.74, 6) is -0.217. The van der Waals surface area contributed by atoms with Gasteiger partial charge in [0, 0.05) is 25.2 Å². The van der Waals surface area contributed by atoms with Crippen molar-refractivity contribution in [2.24, 2.45) is 5.92 Å². The van der Waals surface area contributed by atoms with Crippen LogP contribution in [0.3, 0.4) is 0 Å². The van der Waals surface area contributed by atoms with E-state index in [1.54, 1.807) is 0 Å². The van der Waals surface area contributed by atoms with Crippen LogP contribution in [0.5, 0.6) is 0 Å². The molecule has 0 saturated heterocycles. The first-order chi connectivity index (χ1) is 20.7. The molecular weight excluding hydrogens is 516 g/mol. The molecule has 0 aromatic heterocycles. The molecule has 1 N–H and O–H groups in total. The number of carbonyl (C=O) groups excluding carboxylic acids is 2. The second-order valence-electron chi connectivity index (χ2n) is 13.5. The van der Waals surface area contributed by atoms with Gasteiger partial charge in [0.05, 0.1) is 6.61 Å². The van der Waals surface area contributed by atoms with Gasteiger partial charge in [-0.2, -0.15) is 0 Å². The average molecular weight is 593 g/mol. The van der Waals surface area contributed by atoms with Crippen LogP contribution in [0.25, 0.3) is 0 Å². The van der Waals surface area contributed by atoms with Gasteiger partial charge in [0.1, 0.15) is 11.6 Å². The van der Waals surface area contributed by atoms with Gasteiger partial charge in [-0.3, -0.25) is 9.59 Å². The van der Waals surface area contributed by atoms with Crippen molar-refractivity contribution in [2.45, 2.75) is 226 Å². The Morgan fingerprint density at radius 1 is 0.405 bits per heavy atom. The highest BCUT2D eigenvalue weighted by molar-refractivity contribution is 5.88. The summed E-state index contributed by atoms with van der Waals surface area (Å²) < 4.78 is 0. The van der Waals surface area contributed by atoms with Gasteiger partial charge >= 0.3 is 0 Å². The number of rotatable bonds is 36. The molecule has 250 valence electrons. The number of Topliss-reactive ketones (excluding diaryl/α,β-unsaturated/α-hetero) is 2. The van der Waals surface area contributed by atoms with Gasteiger partial charge < -0.3 is 5.11 Å². The molecule has 0 bridgehead atoms. The van der Waals surface area contributed by atoms with Gasteiger partial charge in [-0.1, -0.05) is 194 Å². The predicted molar refractivity (Wildman–Crippen MR) is 184 cm³/mol. The Balaban J connectivity index is 3.52. The third-order valence-electron chi connectivity index (χ3n) is 9.24. The Hall–Kier alpha value is -0.700.